The Labute approximate surface area is 118 Å². The number of hydrogen-bond donors (Lipinski definition) is 2. The first-order chi connectivity index (χ1) is 9.17. The third kappa shape index (κ3) is 5.69. The molecule has 0 aromatic carbocycles. The normalized spacial score (nSPS) is 12.4. The van der Waals surface area contributed by atoms with Gasteiger partial charge < -0.3 is 15.4 Å². The molecule has 0 spiro atoms. The van der Waals surface area contributed by atoms with Crippen LogP contribution in [0.2, 0.25) is 0 Å². The number of carbonyl (C=O) groups excluding carboxylic acids is 2. The summed E-state index contributed by atoms with van der Waals surface area (Å²) in [5.41, 5.74) is 0.404. The second-order valence-electron chi connectivity index (χ2n) is 5.58. The van der Waals surface area contributed by atoms with Crippen molar-refractivity contribution in [2.24, 2.45) is 0 Å². The van der Waals surface area contributed by atoms with Gasteiger partial charge in [0.25, 0.3) is 0 Å². The molecular weight excluding hydrogens is 258 g/mol. The van der Waals surface area contributed by atoms with Crippen LogP contribution in [0.1, 0.15) is 33.3 Å². The zero-order valence-electron chi connectivity index (χ0n) is 12.5. The lowest BCUT2D eigenvalue weighted by atomic mass is 10.2. The molecule has 1 aromatic heterocycles. The summed E-state index contributed by atoms with van der Waals surface area (Å²) in [6.07, 6.45) is 1.03. The first-order valence-corrected chi connectivity index (χ1v) is 6.40. The molecule has 2 amide bonds. The van der Waals surface area contributed by atoms with E-state index in [2.05, 4.69) is 15.6 Å². The Morgan fingerprint density at radius 2 is 1.95 bits per heavy atom. The highest BCUT2D eigenvalue weighted by Crippen LogP contribution is 2.07. The van der Waals surface area contributed by atoms with Crippen LogP contribution in [-0.4, -0.2) is 28.6 Å². The van der Waals surface area contributed by atoms with Crippen molar-refractivity contribution in [3.8, 4) is 0 Å². The fourth-order valence-corrected chi connectivity index (χ4v) is 1.33. The van der Waals surface area contributed by atoms with Crippen LogP contribution in [-0.2, 0) is 9.53 Å². The molecule has 0 aliphatic heterocycles. The molecule has 110 valence electrons. The van der Waals surface area contributed by atoms with Crippen LogP contribution in [0.4, 0.5) is 10.6 Å². The van der Waals surface area contributed by atoms with E-state index in [0.717, 1.165) is 5.56 Å². The maximum atomic E-state index is 11.9. The monoisotopic (exact) mass is 279 g/mol. The predicted molar refractivity (Wildman–Crippen MR) is 76.4 cm³/mol. The second-order valence-corrected chi connectivity index (χ2v) is 5.58. The molecule has 1 atom stereocenters. The van der Waals surface area contributed by atoms with Gasteiger partial charge in [-0.25, -0.2) is 9.78 Å². The van der Waals surface area contributed by atoms with Crippen LogP contribution in [0.3, 0.4) is 0 Å². The Hall–Kier alpha value is -2.11. The van der Waals surface area contributed by atoms with E-state index in [1.54, 1.807) is 40.0 Å². The lowest BCUT2D eigenvalue weighted by Gasteiger charge is -2.21. The van der Waals surface area contributed by atoms with E-state index in [1.165, 1.54) is 0 Å². The average Bonchev–Trinajstić information content (AvgIpc) is 2.29. The number of carbonyl (C=O) groups is 2. The molecule has 1 rings (SSSR count). The smallest absolute Gasteiger partial charge is 0.408 e. The number of pyridine rings is 1. The Morgan fingerprint density at radius 1 is 1.30 bits per heavy atom. The molecule has 0 aliphatic rings. The van der Waals surface area contributed by atoms with Crippen molar-refractivity contribution >= 4 is 17.8 Å². The number of alkyl carbamates (subject to hydrolysis) is 1. The fraction of sp³-hybridized carbons (Fsp3) is 0.500. The van der Waals surface area contributed by atoms with E-state index in [4.69, 9.17) is 4.74 Å². The number of anilines is 1. The van der Waals surface area contributed by atoms with Crippen molar-refractivity contribution < 1.29 is 14.3 Å². The molecule has 0 radical (unpaired) electrons. The summed E-state index contributed by atoms with van der Waals surface area (Å²) in [5.74, 6) is 0.0886. The minimum Gasteiger partial charge on any atom is -0.444 e. The lowest BCUT2D eigenvalue weighted by Crippen LogP contribution is -2.44. The molecule has 0 saturated heterocycles. The zero-order valence-corrected chi connectivity index (χ0v) is 12.5. The summed E-state index contributed by atoms with van der Waals surface area (Å²) in [5, 5.41) is 5.08. The molecule has 0 bridgehead atoms. The summed E-state index contributed by atoms with van der Waals surface area (Å²) >= 11 is 0. The van der Waals surface area contributed by atoms with Gasteiger partial charge in [0.1, 0.15) is 17.5 Å². The van der Waals surface area contributed by atoms with Crippen molar-refractivity contribution in [2.75, 3.05) is 5.32 Å². The van der Waals surface area contributed by atoms with Gasteiger partial charge in [-0.05, 0) is 46.2 Å². The Bertz CT molecular complexity index is 477. The number of hydrogen-bond acceptors (Lipinski definition) is 4. The zero-order chi connectivity index (χ0) is 15.3. The van der Waals surface area contributed by atoms with Crippen LogP contribution >= 0.6 is 0 Å². The highest BCUT2D eigenvalue weighted by molar-refractivity contribution is 5.95. The summed E-state index contributed by atoms with van der Waals surface area (Å²) in [6, 6.07) is 2.83. The predicted octanol–water partition coefficient (Wildman–Crippen LogP) is 2.24. The van der Waals surface area contributed by atoms with Crippen LogP contribution in [0, 0.1) is 6.92 Å². The molecule has 2 N–H and O–H groups in total. The molecular formula is C14H21N3O3. The summed E-state index contributed by atoms with van der Waals surface area (Å²) in [6.45, 7) is 8.76. The minimum absolute atomic E-state index is 0.354. The number of ether oxygens (including phenoxy) is 1. The number of rotatable bonds is 3. The molecule has 1 aromatic rings. The number of nitrogens with one attached hydrogen (secondary N) is 2. The van der Waals surface area contributed by atoms with Gasteiger partial charge >= 0.3 is 6.09 Å². The van der Waals surface area contributed by atoms with E-state index < -0.39 is 17.7 Å². The first-order valence-electron chi connectivity index (χ1n) is 6.40. The van der Waals surface area contributed by atoms with Crippen molar-refractivity contribution in [1.29, 1.82) is 0 Å². The molecule has 1 unspecified atom stereocenters. The van der Waals surface area contributed by atoms with Crippen LogP contribution < -0.4 is 10.6 Å². The SMILES string of the molecule is Cc1ccc(NC(=O)C(C)NC(=O)OC(C)(C)C)nc1. The largest absolute Gasteiger partial charge is 0.444 e. The topological polar surface area (TPSA) is 80.3 Å². The van der Waals surface area contributed by atoms with Gasteiger partial charge in [-0.1, -0.05) is 6.07 Å². The van der Waals surface area contributed by atoms with Crippen molar-refractivity contribution in [3.05, 3.63) is 23.9 Å². The van der Waals surface area contributed by atoms with E-state index in [9.17, 15) is 9.59 Å². The van der Waals surface area contributed by atoms with Gasteiger partial charge in [0.15, 0.2) is 0 Å². The summed E-state index contributed by atoms with van der Waals surface area (Å²) < 4.78 is 5.08. The standard InChI is InChI=1S/C14H21N3O3/c1-9-6-7-11(15-8-9)17-12(18)10(2)16-13(19)20-14(3,4)5/h6-8,10H,1-5H3,(H,16,19)(H,15,17,18). The van der Waals surface area contributed by atoms with Crippen LogP contribution in [0.5, 0.6) is 0 Å². The van der Waals surface area contributed by atoms with Gasteiger partial charge in [0.2, 0.25) is 5.91 Å². The number of nitrogens with zero attached hydrogens (tertiary/aromatic N) is 1. The van der Waals surface area contributed by atoms with Gasteiger partial charge in [0, 0.05) is 6.20 Å². The third-order valence-corrected chi connectivity index (χ3v) is 2.29. The van der Waals surface area contributed by atoms with Crippen molar-refractivity contribution in [2.45, 2.75) is 46.3 Å². The molecule has 6 heteroatoms. The van der Waals surface area contributed by atoms with Gasteiger partial charge in [-0.2, -0.15) is 0 Å². The lowest BCUT2D eigenvalue weighted by molar-refractivity contribution is -0.117. The minimum atomic E-state index is -0.715. The Morgan fingerprint density at radius 3 is 2.45 bits per heavy atom. The molecule has 1 heterocycles. The quantitative estimate of drug-likeness (QED) is 0.889. The van der Waals surface area contributed by atoms with Crippen LogP contribution in [0.15, 0.2) is 18.3 Å². The van der Waals surface area contributed by atoms with E-state index in [-0.39, 0.29) is 5.91 Å². The Kier molecular flexibility index (Phi) is 5.07. The number of aryl methyl sites for hydroxylation is 1. The maximum Gasteiger partial charge on any atom is 0.408 e. The third-order valence-electron chi connectivity index (χ3n) is 2.29. The highest BCUT2D eigenvalue weighted by Gasteiger charge is 2.21. The van der Waals surface area contributed by atoms with Crippen molar-refractivity contribution in [1.82, 2.24) is 10.3 Å². The van der Waals surface area contributed by atoms with Gasteiger partial charge in [-0.3, -0.25) is 4.79 Å². The Balaban J connectivity index is 2.51. The molecule has 6 nitrogen and oxygen atoms in total. The summed E-state index contributed by atoms with van der Waals surface area (Å²) in [7, 11) is 0. The molecule has 20 heavy (non-hydrogen) atoms. The second kappa shape index (κ2) is 6.36. The van der Waals surface area contributed by atoms with Crippen molar-refractivity contribution in [3.63, 3.8) is 0 Å². The maximum absolute atomic E-state index is 11.9. The fourth-order valence-electron chi connectivity index (χ4n) is 1.33. The molecule has 0 aliphatic carbocycles. The first kappa shape index (κ1) is 15.9. The summed E-state index contributed by atoms with van der Waals surface area (Å²) in [4.78, 5) is 27.5. The number of amides is 2. The highest BCUT2D eigenvalue weighted by atomic mass is 16.6. The van der Waals surface area contributed by atoms with Crippen LogP contribution in [0.25, 0.3) is 0 Å². The van der Waals surface area contributed by atoms with Gasteiger partial charge in [-0.15, -0.1) is 0 Å². The van der Waals surface area contributed by atoms with E-state index in [0.29, 0.717) is 5.82 Å². The average molecular weight is 279 g/mol. The number of aromatic nitrogens is 1. The van der Waals surface area contributed by atoms with E-state index in [1.807, 2.05) is 13.0 Å². The molecule has 0 fully saturated rings. The molecule has 0 saturated carbocycles. The van der Waals surface area contributed by atoms with Gasteiger partial charge in [0.05, 0.1) is 0 Å². The van der Waals surface area contributed by atoms with E-state index >= 15 is 0 Å².